The van der Waals surface area contributed by atoms with Crippen LogP contribution in [0.15, 0.2) is 0 Å². The van der Waals surface area contributed by atoms with Crippen LogP contribution in [0.1, 0.15) is 104 Å². The number of rotatable bonds is 23. The molecule has 0 amide bonds. The number of esters is 2. The first-order chi connectivity index (χ1) is 14.7. The fourth-order valence-corrected chi connectivity index (χ4v) is 2.91. The highest BCUT2D eigenvalue weighted by atomic mass is 16.5. The Bertz CT molecular complexity index is 350. The van der Waals surface area contributed by atoms with Crippen LogP contribution in [0.4, 0.5) is 0 Å². The lowest BCUT2D eigenvalue weighted by Gasteiger charge is -2.07. The van der Waals surface area contributed by atoms with E-state index in [-0.39, 0.29) is 24.8 Å². The summed E-state index contributed by atoms with van der Waals surface area (Å²) in [5, 5.41) is 0. The third kappa shape index (κ3) is 23.1. The molecular formula is C24H46O6. The van der Waals surface area contributed by atoms with Crippen molar-refractivity contribution in [2.75, 3.05) is 39.6 Å². The monoisotopic (exact) mass is 430 g/mol. The van der Waals surface area contributed by atoms with Gasteiger partial charge in [-0.15, -0.1) is 0 Å². The Morgan fingerprint density at radius 1 is 0.467 bits per heavy atom. The molecule has 0 aliphatic rings. The smallest absolute Gasteiger partial charge is 0.308 e. The summed E-state index contributed by atoms with van der Waals surface area (Å²) in [6.07, 6.45) is 14.6. The Morgan fingerprint density at radius 3 is 1.23 bits per heavy atom. The average molecular weight is 431 g/mol. The van der Waals surface area contributed by atoms with Crippen molar-refractivity contribution in [1.82, 2.24) is 0 Å². The fraction of sp³-hybridized carbons (Fsp3) is 0.917. The number of carbonyl (C=O) groups excluding carboxylic acids is 2. The molecule has 0 unspecified atom stereocenters. The zero-order valence-electron chi connectivity index (χ0n) is 19.6. The summed E-state index contributed by atoms with van der Waals surface area (Å²) >= 11 is 0. The molecule has 0 atom stereocenters. The van der Waals surface area contributed by atoms with Gasteiger partial charge in [0.15, 0.2) is 0 Å². The topological polar surface area (TPSA) is 71.1 Å². The molecule has 0 N–H and O–H groups in total. The lowest BCUT2D eigenvalue weighted by Crippen LogP contribution is -2.13. The predicted octanol–water partition coefficient (Wildman–Crippen LogP) is 5.61. The minimum Gasteiger partial charge on any atom is -0.466 e. The van der Waals surface area contributed by atoms with Crippen LogP contribution in [0.3, 0.4) is 0 Å². The Hall–Kier alpha value is -1.14. The van der Waals surface area contributed by atoms with Gasteiger partial charge in [-0.05, 0) is 12.8 Å². The largest absolute Gasteiger partial charge is 0.466 e. The molecule has 0 aromatic carbocycles. The molecule has 0 heterocycles. The van der Waals surface area contributed by atoms with Crippen LogP contribution in [0.2, 0.25) is 0 Å². The Kier molecular flexibility index (Phi) is 23.2. The van der Waals surface area contributed by atoms with E-state index in [2.05, 4.69) is 13.8 Å². The fourth-order valence-electron chi connectivity index (χ4n) is 2.91. The number of hydrogen-bond acceptors (Lipinski definition) is 6. The van der Waals surface area contributed by atoms with Crippen LogP contribution in [-0.2, 0) is 28.5 Å². The molecule has 0 saturated heterocycles. The SMILES string of the molecule is CCCCCCCCOC(=O)CCOCCOCCC(=O)OCCCCCCCC. The van der Waals surface area contributed by atoms with Crippen molar-refractivity contribution in [2.45, 2.75) is 104 Å². The summed E-state index contributed by atoms with van der Waals surface area (Å²) in [5.74, 6) is -0.421. The van der Waals surface area contributed by atoms with E-state index in [9.17, 15) is 9.59 Å². The van der Waals surface area contributed by atoms with E-state index in [1.165, 1.54) is 51.4 Å². The summed E-state index contributed by atoms with van der Waals surface area (Å²) in [4.78, 5) is 23.2. The third-order valence-electron chi connectivity index (χ3n) is 4.79. The summed E-state index contributed by atoms with van der Waals surface area (Å²) in [5.41, 5.74) is 0. The van der Waals surface area contributed by atoms with Gasteiger partial charge in [-0.3, -0.25) is 9.59 Å². The van der Waals surface area contributed by atoms with E-state index in [1.54, 1.807) is 0 Å². The molecule has 0 fully saturated rings. The highest BCUT2D eigenvalue weighted by molar-refractivity contribution is 5.69. The Balaban J connectivity index is 3.25. The van der Waals surface area contributed by atoms with Crippen LogP contribution in [0.5, 0.6) is 0 Å². The van der Waals surface area contributed by atoms with Crippen molar-refractivity contribution in [1.29, 1.82) is 0 Å². The van der Waals surface area contributed by atoms with Gasteiger partial charge in [0.05, 0.1) is 52.5 Å². The third-order valence-corrected chi connectivity index (χ3v) is 4.79. The van der Waals surface area contributed by atoms with Gasteiger partial charge in [-0.25, -0.2) is 0 Å². The molecule has 0 aliphatic heterocycles. The van der Waals surface area contributed by atoms with Gasteiger partial charge in [-0.1, -0.05) is 78.1 Å². The van der Waals surface area contributed by atoms with Crippen molar-refractivity contribution < 1.29 is 28.5 Å². The first-order valence-corrected chi connectivity index (χ1v) is 12.2. The van der Waals surface area contributed by atoms with Gasteiger partial charge < -0.3 is 18.9 Å². The second-order valence-electron chi connectivity index (χ2n) is 7.70. The maximum atomic E-state index is 11.6. The standard InChI is InChI=1S/C24H46O6/c1-3-5-7-9-11-13-17-29-23(25)15-19-27-21-22-28-20-16-24(26)30-18-14-12-10-8-6-4-2/h3-22H2,1-2H3. The normalized spacial score (nSPS) is 10.9. The molecule has 30 heavy (non-hydrogen) atoms. The minimum atomic E-state index is -0.211. The van der Waals surface area contributed by atoms with Crippen LogP contribution in [-0.4, -0.2) is 51.6 Å². The quantitative estimate of drug-likeness (QED) is 0.155. The summed E-state index contributed by atoms with van der Waals surface area (Å²) in [7, 11) is 0. The molecule has 0 saturated carbocycles. The van der Waals surface area contributed by atoms with Crippen molar-refractivity contribution in [3.05, 3.63) is 0 Å². The molecule has 0 aliphatic carbocycles. The average Bonchev–Trinajstić information content (AvgIpc) is 2.74. The predicted molar refractivity (Wildman–Crippen MR) is 120 cm³/mol. The summed E-state index contributed by atoms with van der Waals surface area (Å²) < 4.78 is 21.1. The van der Waals surface area contributed by atoms with Gasteiger partial charge in [-0.2, -0.15) is 0 Å². The highest BCUT2D eigenvalue weighted by Gasteiger charge is 2.04. The van der Waals surface area contributed by atoms with E-state index >= 15 is 0 Å². The van der Waals surface area contributed by atoms with E-state index in [0.717, 1.165) is 25.7 Å². The van der Waals surface area contributed by atoms with E-state index in [0.29, 0.717) is 39.6 Å². The Morgan fingerprint density at radius 2 is 0.833 bits per heavy atom. The minimum absolute atomic E-state index is 0.211. The molecule has 178 valence electrons. The molecule has 0 aromatic rings. The molecule has 0 rings (SSSR count). The molecule has 0 spiro atoms. The molecule has 0 radical (unpaired) electrons. The van der Waals surface area contributed by atoms with Gasteiger partial charge in [0.2, 0.25) is 0 Å². The lowest BCUT2D eigenvalue weighted by atomic mass is 10.1. The van der Waals surface area contributed by atoms with Crippen molar-refractivity contribution in [2.24, 2.45) is 0 Å². The zero-order chi connectivity index (χ0) is 22.1. The van der Waals surface area contributed by atoms with Crippen molar-refractivity contribution in [3.63, 3.8) is 0 Å². The van der Waals surface area contributed by atoms with E-state index < -0.39 is 0 Å². The van der Waals surface area contributed by atoms with E-state index in [1.807, 2.05) is 0 Å². The van der Waals surface area contributed by atoms with Crippen molar-refractivity contribution in [3.8, 4) is 0 Å². The number of hydrogen-bond donors (Lipinski definition) is 0. The second kappa shape index (κ2) is 24.1. The molecule has 0 aromatic heterocycles. The van der Waals surface area contributed by atoms with Crippen molar-refractivity contribution >= 4 is 11.9 Å². The maximum Gasteiger partial charge on any atom is 0.308 e. The second-order valence-corrected chi connectivity index (χ2v) is 7.70. The molecule has 6 heteroatoms. The first kappa shape index (κ1) is 28.9. The van der Waals surface area contributed by atoms with Crippen LogP contribution in [0.25, 0.3) is 0 Å². The maximum absolute atomic E-state index is 11.6. The zero-order valence-corrected chi connectivity index (χ0v) is 19.6. The first-order valence-electron chi connectivity index (χ1n) is 12.2. The van der Waals surface area contributed by atoms with Gasteiger partial charge in [0, 0.05) is 0 Å². The molecule has 6 nitrogen and oxygen atoms in total. The van der Waals surface area contributed by atoms with E-state index in [4.69, 9.17) is 18.9 Å². The van der Waals surface area contributed by atoms with Gasteiger partial charge >= 0.3 is 11.9 Å². The van der Waals surface area contributed by atoms with Gasteiger partial charge in [0.1, 0.15) is 0 Å². The summed E-state index contributed by atoms with van der Waals surface area (Å²) in [6.45, 7) is 6.87. The van der Waals surface area contributed by atoms with Gasteiger partial charge in [0.25, 0.3) is 0 Å². The molecular weight excluding hydrogens is 384 g/mol. The lowest BCUT2D eigenvalue weighted by molar-refractivity contribution is -0.146. The highest BCUT2D eigenvalue weighted by Crippen LogP contribution is 2.06. The Labute approximate surface area is 184 Å². The number of carbonyl (C=O) groups is 2. The summed E-state index contributed by atoms with van der Waals surface area (Å²) in [6, 6.07) is 0. The van der Waals surface area contributed by atoms with Crippen LogP contribution in [0, 0.1) is 0 Å². The van der Waals surface area contributed by atoms with Crippen LogP contribution < -0.4 is 0 Å². The molecule has 0 bridgehead atoms. The number of ether oxygens (including phenoxy) is 4. The number of unbranched alkanes of at least 4 members (excludes halogenated alkanes) is 10. The van der Waals surface area contributed by atoms with Crippen LogP contribution >= 0.6 is 0 Å².